The van der Waals surface area contributed by atoms with E-state index in [2.05, 4.69) is 70.4 Å². The van der Waals surface area contributed by atoms with Crippen LogP contribution in [0.25, 0.3) is 67.1 Å². The molecule has 1 saturated carbocycles. The number of nitrogens with zero attached hydrogens (tertiary/aromatic N) is 16. The number of aromatic nitrogens is 16. The van der Waals surface area contributed by atoms with Crippen molar-refractivity contribution in [3.8, 4) is 44.5 Å². The van der Waals surface area contributed by atoms with E-state index in [0.717, 1.165) is 103 Å². The van der Waals surface area contributed by atoms with E-state index in [9.17, 15) is 36.7 Å². The Balaban J connectivity index is 0.000000125. The average molecular weight is 1430 g/mol. The number of benzene rings is 3. The van der Waals surface area contributed by atoms with Crippen LogP contribution < -0.4 is 22.2 Å². The van der Waals surface area contributed by atoms with Gasteiger partial charge in [0.15, 0.2) is 22.6 Å². The fourth-order valence-corrected chi connectivity index (χ4v) is 13.6. The minimum atomic E-state index is -4.39. The zero-order valence-corrected chi connectivity index (χ0v) is 60.2. The van der Waals surface area contributed by atoms with E-state index in [0.29, 0.717) is 51.6 Å². The fraction of sp³-hybridized carbons (Fsp3) is 0.244. The molecule has 0 spiro atoms. The van der Waals surface area contributed by atoms with Crippen molar-refractivity contribution in [1.82, 2.24) is 76.7 Å². The summed E-state index contributed by atoms with van der Waals surface area (Å²) in [4.78, 5) is 47.7. The van der Waals surface area contributed by atoms with Crippen molar-refractivity contribution in [2.75, 3.05) is 0 Å². The molecule has 24 heteroatoms. The molecule has 20 nitrogen and oxygen atoms in total. The summed E-state index contributed by atoms with van der Waals surface area (Å²) < 4.78 is 67.0. The molecule has 1 atom stereocenters. The second-order valence-electron chi connectivity index (χ2n) is 27.3. The third-order valence-electron chi connectivity index (χ3n) is 19.4. The lowest BCUT2D eigenvalue weighted by Gasteiger charge is -2.20. The van der Waals surface area contributed by atoms with Crippen LogP contribution in [0.5, 0.6) is 0 Å². The number of fused-ring (bicyclic) bond motifs is 4. The maximum Gasteiger partial charge on any atom is 0.416 e. The predicted molar refractivity (Wildman–Crippen MR) is 401 cm³/mol. The molecule has 0 radical (unpaired) electrons. The van der Waals surface area contributed by atoms with Gasteiger partial charge in [0.25, 0.3) is 22.2 Å². The number of alkyl halides is 3. The maximum absolute atomic E-state index is 14.0. The quantitative estimate of drug-likeness (QED) is 0.105. The molecule has 1 aliphatic carbocycles. The molecular weight excluding hydrogens is 1350 g/mol. The standard InChI is InChI=1S/C21H17F3N4O.C21H20N4O.C20H17FN4O.C20H24N4O/c1-13-8-16(11-27(2)20(13)29)15-6-7-18-25-26-19(28(18)12-15)10-14-4-3-5-17(9-14)21(22,23)24;1-14-11-18(12-24(3)21(14)26)17-9-10-19-22-23-20(25(19)13-17)15(2)16-7-5-4-6-8-16;1-13-9-16(11-24(2)20(13)26)15-7-8-18-22-23-19(25(18)12-15)10-14-5-3-4-6-17(14)21;1-14-10-17(12-23(2)20(14)25)16-8-9-18-21-22-19(24(18)13-16)11-15-6-4-3-5-7-15/h3-9,11-12H,10H2,1-2H3;4-13,15H,1-3H3;3-9,11-12H,10H2,1-2H3;8-10,12-13,15H,3-7,11H2,1-2H3/t;15-;;/m.0../s1. The molecule has 12 aromatic heterocycles. The highest BCUT2D eigenvalue weighted by Gasteiger charge is 2.31. The summed E-state index contributed by atoms with van der Waals surface area (Å²) in [7, 11) is 7.00. The van der Waals surface area contributed by atoms with Crippen LogP contribution in [-0.2, 0) is 53.6 Å². The molecule has 12 heterocycles. The third kappa shape index (κ3) is 15.8. The first-order valence-corrected chi connectivity index (χ1v) is 34.9. The number of hydrogen-bond donors (Lipinski definition) is 0. The van der Waals surface area contributed by atoms with Gasteiger partial charge in [-0.05, 0) is 180 Å². The highest BCUT2D eigenvalue weighted by Crippen LogP contribution is 2.32. The van der Waals surface area contributed by atoms with Crippen LogP contribution >= 0.6 is 0 Å². The minimum absolute atomic E-state index is 0.0145. The second kappa shape index (κ2) is 30.5. The van der Waals surface area contributed by atoms with E-state index in [1.807, 2.05) is 132 Å². The molecule has 0 aliphatic heterocycles. The largest absolute Gasteiger partial charge is 0.416 e. The lowest BCUT2D eigenvalue weighted by Crippen LogP contribution is -2.18. The lowest BCUT2D eigenvalue weighted by atomic mass is 9.87. The summed E-state index contributed by atoms with van der Waals surface area (Å²) in [6.07, 6.45) is 19.0. The molecule has 0 N–H and O–H groups in total. The number of rotatable bonds is 12. The third-order valence-corrected chi connectivity index (χ3v) is 19.4. The Morgan fingerprint density at radius 1 is 0.406 bits per heavy atom. The molecule has 1 fully saturated rings. The Bertz CT molecular complexity index is 5910. The first kappa shape index (κ1) is 72.0. The Labute approximate surface area is 606 Å². The van der Waals surface area contributed by atoms with E-state index >= 15 is 0 Å². The molecule has 0 amide bonds. The summed E-state index contributed by atoms with van der Waals surface area (Å²) in [6, 6.07) is 45.2. The Morgan fingerprint density at radius 2 is 0.802 bits per heavy atom. The van der Waals surface area contributed by atoms with Gasteiger partial charge in [-0.3, -0.25) is 36.8 Å². The summed E-state index contributed by atoms with van der Waals surface area (Å²) in [5, 5.41) is 34.1. The van der Waals surface area contributed by atoms with Crippen molar-refractivity contribution in [3.05, 3.63) is 316 Å². The molecule has 0 bridgehead atoms. The summed E-state index contributed by atoms with van der Waals surface area (Å²) in [5.41, 5.74) is 15.1. The summed E-state index contributed by atoms with van der Waals surface area (Å²) >= 11 is 0. The molecule has 15 aromatic rings. The van der Waals surface area contributed by atoms with Gasteiger partial charge >= 0.3 is 6.18 Å². The number of pyridine rings is 8. The van der Waals surface area contributed by atoms with Gasteiger partial charge in [-0.2, -0.15) is 13.2 Å². The van der Waals surface area contributed by atoms with Crippen molar-refractivity contribution in [2.45, 2.75) is 98.1 Å². The van der Waals surface area contributed by atoms with Gasteiger partial charge in [0, 0.05) is 125 Å². The normalized spacial score (nSPS) is 12.8. The zero-order chi connectivity index (χ0) is 74.7. The van der Waals surface area contributed by atoms with Crippen LogP contribution in [0.4, 0.5) is 17.6 Å². The second-order valence-corrected chi connectivity index (χ2v) is 27.3. The van der Waals surface area contributed by atoms with Crippen molar-refractivity contribution >= 4 is 22.6 Å². The van der Waals surface area contributed by atoms with Gasteiger partial charge in [-0.1, -0.05) is 106 Å². The Morgan fingerprint density at radius 3 is 1.25 bits per heavy atom. The van der Waals surface area contributed by atoms with Crippen LogP contribution in [0.1, 0.15) is 113 Å². The van der Waals surface area contributed by atoms with Crippen LogP contribution in [0.15, 0.2) is 220 Å². The van der Waals surface area contributed by atoms with Crippen LogP contribution in [-0.4, -0.2) is 76.7 Å². The van der Waals surface area contributed by atoms with Gasteiger partial charge in [0.05, 0.1) is 5.56 Å². The van der Waals surface area contributed by atoms with Gasteiger partial charge in [0.2, 0.25) is 0 Å². The minimum Gasteiger partial charge on any atom is -0.318 e. The monoisotopic (exact) mass is 1430 g/mol. The van der Waals surface area contributed by atoms with E-state index in [-0.39, 0.29) is 40.4 Å². The van der Waals surface area contributed by atoms with Crippen LogP contribution in [0, 0.1) is 39.4 Å². The van der Waals surface area contributed by atoms with E-state index in [1.54, 1.807) is 109 Å². The number of aryl methyl sites for hydroxylation is 8. The number of hydrogen-bond acceptors (Lipinski definition) is 12. The van der Waals surface area contributed by atoms with Crippen molar-refractivity contribution in [1.29, 1.82) is 0 Å². The van der Waals surface area contributed by atoms with Gasteiger partial charge in [0.1, 0.15) is 29.1 Å². The van der Waals surface area contributed by atoms with E-state index < -0.39 is 11.7 Å². The molecular formula is C82H78F4N16O4. The maximum atomic E-state index is 14.0. The molecule has 16 rings (SSSR count). The topological polar surface area (TPSA) is 209 Å². The predicted octanol–water partition coefficient (Wildman–Crippen LogP) is 14.2. The first-order chi connectivity index (χ1) is 50.9. The first-order valence-electron chi connectivity index (χ1n) is 34.9. The lowest BCUT2D eigenvalue weighted by molar-refractivity contribution is -0.137. The Kier molecular flexibility index (Phi) is 20.8. The molecule has 0 saturated heterocycles. The molecule has 0 unspecified atom stereocenters. The van der Waals surface area contributed by atoms with Crippen LogP contribution in [0.2, 0.25) is 0 Å². The van der Waals surface area contributed by atoms with Crippen LogP contribution in [0.3, 0.4) is 0 Å². The average Bonchev–Trinajstić information content (AvgIpc) is 1.63. The molecule has 538 valence electrons. The van der Waals surface area contributed by atoms with E-state index in [4.69, 9.17) is 0 Å². The van der Waals surface area contributed by atoms with Gasteiger partial charge in [-0.25, -0.2) is 4.39 Å². The zero-order valence-electron chi connectivity index (χ0n) is 60.2. The smallest absolute Gasteiger partial charge is 0.318 e. The molecule has 1 aliphatic rings. The van der Waals surface area contributed by atoms with E-state index in [1.165, 1.54) is 54.4 Å². The number of halogens is 4. The van der Waals surface area contributed by atoms with Crippen molar-refractivity contribution in [3.63, 3.8) is 0 Å². The Hall–Kier alpha value is -12.3. The van der Waals surface area contributed by atoms with Gasteiger partial charge in [-0.15, -0.1) is 40.8 Å². The summed E-state index contributed by atoms with van der Waals surface area (Å²) in [6.45, 7) is 9.38. The van der Waals surface area contributed by atoms with Crippen molar-refractivity contribution in [2.24, 2.45) is 34.1 Å². The van der Waals surface area contributed by atoms with Gasteiger partial charge < -0.3 is 18.3 Å². The molecule has 106 heavy (non-hydrogen) atoms. The van der Waals surface area contributed by atoms with Crippen molar-refractivity contribution < 1.29 is 17.6 Å². The fourth-order valence-electron chi connectivity index (χ4n) is 13.6. The highest BCUT2D eigenvalue weighted by molar-refractivity contribution is 5.68. The molecule has 3 aromatic carbocycles. The SMILES string of the molecule is Cc1cc(-c2ccc3nnc(CC4CCCCC4)n3c2)cn(C)c1=O.Cc1cc(-c2ccc3nnc(Cc4cccc(C(F)(F)F)c4)n3c2)cn(C)c1=O.Cc1cc(-c2ccc3nnc(Cc4ccccc4F)n3c2)cn(C)c1=O.Cc1cc(-c2ccc3nnc([C@@H](C)c4ccccc4)n3c2)cn(C)c1=O. The highest BCUT2D eigenvalue weighted by atomic mass is 19.4. The summed E-state index contributed by atoms with van der Waals surface area (Å²) in [5.74, 6) is 3.73.